The van der Waals surface area contributed by atoms with Gasteiger partial charge in [-0.05, 0) is 60.5 Å². The van der Waals surface area contributed by atoms with Crippen LogP contribution in [-0.4, -0.2) is 30.4 Å². The van der Waals surface area contributed by atoms with Gasteiger partial charge in [0.1, 0.15) is 0 Å². The summed E-state index contributed by atoms with van der Waals surface area (Å²) in [6.45, 7) is 9.48. The monoisotopic (exact) mass is 420 g/mol. The molecule has 2 heterocycles. The molecule has 1 saturated heterocycles. The molecule has 0 aliphatic carbocycles. The van der Waals surface area contributed by atoms with Gasteiger partial charge in [0.2, 0.25) is 0 Å². The molecule has 5 heteroatoms. The summed E-state index contributed by atoms with van der Waals surface area (Å²) in [7, 11) is 0. The predicted octanol–water partition coefficient (Wildman–Crippen LogP) is 5.81. The van der Waals surface area contributed by atoms with Crippen LogP contribution in [0.1, 0.15) is 73.3 Å². The van der Waals surface area contributed by atoms with Crippen LogP contribution >= 0.6 is 23.7 Å². The molecule has 0 radical (unpaired) electrons. The van der Waals surface area contributed by atoms with Gasteiger partial charge in [-0.25, -0.2) is 0 Å². The van der Waals surface area contributed by atoms with Gasteiger partial charge in [-0.3, -0.25) is 9.69 Å². The highest BCUT2D eigenvalue weighted by Crippen LogP contribution is 2.27. The first-order valence-corrected chi connectivity index (χ1v) is 11.0. The van der Waals surface area contributed by atoms with E-state index < -0.39 is 0 Å². The molecule has 1 amide bonds. The van der Waals surface area contributed by atoms with Crippen LogP contribution in [0.4, 0.5) is 0 Å². The van der Waals surface area contributed by atoms with Crippen molar-refractivity contribution in [1.29, 1.82) is 0 Å². The van der Waals surface area contributed by atoms with Gasteiger partial charge in [0, 0.05) is 17.0 Å². The lowest BCUT2D eigenvalue weighted by Crippen LogP contribution is -2.38. The molecule has 0 spiro atoms. The Labute approximate surface area is 179 Å². The summed E-state index contributed by atoms with van der Waals surface area (Å²) in [6, 6.07) is 12.6. The summed E-state index contributed by atoms with van der Waals surface area (Å²) in [6.07, 6.45) is 5.15. The van der Waals surface area contributed by atoms with Crippen LogP contribution in [0.25, 0.3) is 0 Å². The predicted molar refractivity (Wildman–Crippen MR) is 122 cm³/mol. The van der Waals surface area contributed by atoms with Gasteiger partial charge < -0.3 is 5.32 Å². The molecule has 1 aliphatic heterocycles. The lowest BCUT2D eigenvalue weighted by atomic mass is 9.87. The molecule has 1 N–H and O–H groups in total. The van der Waals surface area contributed by atoms with Crippen LogP contribution in [0.5, 0.6) is 0 Å². The van der Waals surface area contributed by atoms with E-state index in [0.717, 1.165) is 18.7 Å². The van der Waals surface area contributed by atoms with Crippen LogP contribution in [0.15, 0.2) is 41.8 Å². The first-order chi connectivity index (χ1) is 12.9. The van der Waals surface area contributed by atoms with Crippen LogP contribution < -0.4 is 5.32 Å². The van der Waals surface area contributed by atoms with Crippen LogP contribution in [0.2, 0.25) is 0 Å². The summed E-state index contributed by atoms with van der Waals surface area (Å²) in [4.78, 5) is 16.6. The molecule has 1 unspecified atom stereocenters. The van der Waals surface area contributed by atoms with E-state index in [2.05, 4.69) is 60.6 Å². The molecule has 2 aromatic rings. The molecule has 154 valence electrons. The minimum absolute atomic E-state index is 0. The third kappa shape index (κ3) is 6.07. The molecular formula is C23H33ClN2OS. The number of amides is 1. The Balaban J connectivity index is 0.00000280. The van der Waals surface area contributed by atoms with Crippen molar-refractivity contribution in [2.75, 3.05) is 19.6 Å². The average molecular weight is 421 g/mol. The van der Waals surface area contributed by atoms with E-state index in [1.165, 1.54) is 36.1 Å². The average Bonchev–Trinajstić information content (AvgIpc) is 3.04. The largest absolute Gasteiger partial charge is 0.350 e. The summed E-state index contributed by atoms with van der Waals surface area (Å²) < 4.78 is 0. The molecule has 1 aliphatic rings. The summed E-state index contributed by atoms with van der Waals surface area (Å²) in [5, 5.41) is 5.32. The Morgan fingerprint density at radius 1 is 1.07 bits per heavy atom. The maximum Gasteiger partial charge on any atom is 0.251 e. The molecule has 1 aromatic heterocycles. The Morgan fingerprint density at radius 2 is 1.71 bits per heavy atom. The molecule has 1 aromatic carbocycles. The Kier molecular flexibility index (Phi) is 8.54. The number of rotatable bonds is 5. The highest BCUT2D eigenvalue weighted by molar-refractivity contribution is 7.10. The molecule has 0 saturated carbocycles. The number of nitrogens with zero attached hydrogens (tertiary/aromatic N) is 1. The van der Waals surface area contributed by atoms with Gasteiger partial charge in [0.25, 0.3) is 5.91 Å². The maximum absolute atomic E-state index is 12.7. The second-order valence-electron chi connectivity index (χ2n) is 8.52. The lowest BCUT2D eigenvalue weighted by Gasteiger charge is -2.30. The number of halogens is 1. The summed E-state index contributed by atoms with van der Waals surface area (Å²) in [5.41, 5.74) is 2.09. The van der Waals surface area contributed by atoms with Gasteiger partial charge in [-0.2, -0.15) is 0 Å². The van der Waals surface area contributed by atoms with E-state index >= 15 is 0 Å². The van der Waals surface area contributed by atoms with Gasteiger partial charge in [-0.1, -0.05) is 51.8 Å². The minimum atomic E-state index is 0. The normalized spacial score (nSPS) is 16.7. The number of hydrogen-bond donors (Lipinski definition) is 1. The van der Waals surface area contributed by atoms with Crippen molar-refractivity contribution in [2.45, 2.75) is 57.9 Å². The Morgan fingerprint density at radius 3 is 2.25 bits per heavy atom. The van der Waals surface area contributed by atoms with E-state index in [9.17, 15) is 4.79 Å². The third-order valence-electron chi connectivity index (χ3n) is 5.42. The molecule has 3 rings (SSSR count). The van der Waals surface area contributed by atoms with Gasteiger partial charge >= 0.3 is 0 Å². The van der Waals surface area contributed by atoms with Crippen LogP contribution in [0, 0.1) is 0 Å². The van der Waals surface area contributed by atoms with E-state index in [-0.39, 0.29) is 29.8 Å². The molecule has 0 bridgehead atoms. The maximum atomic E-state index is 12.7. The van der Waals surface area contributed by atoms with Crippen molar-refractivity contribution >= 4 is 29.7 Å². The van der Waals surface area contributed by atoms with Crippen molar-refractivity contribution in [3.63, 3.8) is 0 Å². The second kappa shape index (κ2) is 10.4. The van der Waals surface area contributed by atoms with E-state index in [1.54, 1.807) is 11.3 Å². The number of thiophene rings is 1. The zero-order valence-electron chi connectivity index (χ0n) is 17.2. The highest BCUT2D eigenvalue weighted by atomic mass is 35.5. The van der Waals surface area contributed by atoms with E-state index in [0.29, 0.717) is 6.54 Å². The molecule has 3 nitrogen and oxygen atoms in total. The van der Waals surface area contributed by atoms with E-state index in [4.69, 9.17) is 0 Å². The fourth-order valence-electron chi connectivity index (χ4n) is 3.71. The fraction of sp³-hybridized carbons (Fsp3) is 0.522. The Hall–Kier alpha value is -1.36. The standard InChI is InChI=1S/C23H32N2OS.ClH/c1-23(2,3)19-12-10-18(11-13-19)22(26)24-17-20(21-9-8-16-27-21)25-14-6-4-5-7-15-25;/h8-13,16,20H,4-7,14-15,17H2,1-3H3,(H,24,26);1H. The summed E-state index contributed by atoms with van der Waals surface area (Å²) in [5.74, 6) is 0.0202. The van der Waals surface area contributed by atoms with E-state index in [1.807, 2.05) is 12.1 Å². The fourth-order valence-corrected chi connectivity index (χ4v) is 4.57. The molecule has 1 fully saturated rings. The number of carbonyl (C=O) groups is 1. The van der Waals surface area contributed by atoms with Gasteiger partial charge in [-0.15, -0.1) is 23.7 Å². The van der Waals surface area contributed by atoms with Crippen LogP contribution in [-0.2, 0) is 5.41 Å². The second-order valence-corrected chi connectivity index (χ2v) is 9.50. The van der Waals surface area contributed by atoms with Crippen molar-refractivity contribution in [1.82, 2.24) is 10.2 Å². The third-order valence-corrected chi connectivity index (χ3v) is 6.40. The lowest BCUT2D eigenvalue weighted by molar-refractivity contribution is 0.0934. The smallest absolute Gasteiger partial charge is 0.251 e. The summed E-state index contributed by atoms with van der Waals surface area (Å²) >= 11 is 1.79. The highest BCUT2D eigenvalue weighted by Gasteiger charge is 2.23. The van der Waals surface area contributed by atoms with Crippen molar-refractivity contribution < 1.29 is 4.79 Å². The Bertz CT molecular complexity index is 714. The number of carbonyl (C=O) groups excluding carboxylic acids is 1. The number of hydrogen-bond acceptors (Lipinski definition) is 3. The molecular weight excluding hydrogens is 388 g/mol. The van der Waals surface area contributed by atoms with Crippen molar-refractivity contribution in [3.05, 3.63) is 57.8 Å². The number of benzene rings is 1. The van der Waals surface area contributed by atoms with Crippen LogP contribution in [0.3, 0.4) is 0 Å². The molecule has 1 atom stereocenters. The topological polar surface area (TPSA) is 32.3 Å². The first kappa shape index (κ1) is 22.9. The minimum Gasteiger partial charge on any atom is -0.350 e. The number of likely N-dealkylation sites (tertiary alicyclic amines) is 1. The van der Waals surface area contributed by atoms with Crippen molar-refractivity contribution in [2.24, 2.45) is 0 Å². The van der Waals surface area contributed by atoms with Crippen molar-refractivity contribution in [3.8, 4) is 0 Å². The van der Waals surface area contributed by atoms with Gasteiger partial charge in [0.05, 0.1) is 6.04 Å². The molecule has 28 heavy (non-hydrogen) atoms. The SMILES string of the molecule is CC(C)(C)c1ccc(C(=O)NCC(c2cccs2)N2CCCCCC2)cc1.Cl. The zero-order valence-corrected chi connectivity index (χ0v) is 18.9. The quantitative estimate of drug-likeness (QED) is 0.661. The number of nitrogens with one attached hydrogen (secondary N) is 1. The zero-order chi connectivity index (χ0) is 19.3. The van der Waals surface area contributed by atoms with Gasteiger partial charge in [0.15, 0.2) is 0 Å². The first-order valence-electron chi connectivity index (χ1n) is 10.1.